The highest BCUT2D eigenvalue weighted by Gasteiger charge is 2.51. The highest BCUT2D eigenvalue weighted by atomic mass is 16.5. The van der Waals surface area contributed by atoms with E-state index in [9.17, 15) is 14.4 Å². The number of ether oxygens (including phenoxy) is 1. The maximum absolute atomic E-state index is 13.4. The SMILES string of the molecule is COC1=CC2(C=CC1=O)C(c1ccccc1)=C(C(=O)c1ccccc1)C(=O)N2C. The van der Waals surface area contributed by atoms with Crippen molar-refractivity contribution in [1.82, 2.24) is 4.90 Å². The van der Waals surface area contributed by atoms with E-state index >= 15 is 0 Å². The smallest absolute Gasteiger partial charge is 0.259 e. The van der Waals surface area contributed by atoms with E-state index in [-0.39, 0.29) is 22.9 Å². The number of hydrogen-bond acceptors (Lipinski definition) is 4. The minimum Gasteiger partial charge on any atom is -0.493 e. The monoisotopic (exact) mass is 385 g/mol. The number of hydrogen-bond donors (Lipinski definition) is 0. The van der Waals surface area contributed by atoms with Gasteiger partial charge in [0.15, 0.2) is 11.5 Å². The van der Waals surface area contributed by atoms with E-state index < -0.39 is 11.4 Å². The van der Waals surface area contributed by atoms with Crippen LogP contribution >= 0.6 is 0 Å². The van der Waals surface area contributed by atoms with Gasteiger partial charge in [-0.3, -0.25) is 14.4 Å². The molecule has 0 aromatic heterocycles. The summed E-state index contributed by atoms with van der Waals surface area (Å²) in [6, 6.07) is 18.0. The molecule has 29 heavy (non-hydrogen) atoms. The Balaban J connectivity index is 2.02. The average molecular weight is 385 g/mol. The highest BCUT2D eigenvalue weighted by molar-refractivity contribution is 6.33. The first-order chi connectivity index (χ1) is 14.0. The van der Waals surface area contributed by atoms with Crippen molar-refractivity contribution < 1.29 is 19.1 Å². The minimum absolute atomic E-state index is 0.0932. The van der Waals surface area contributed by atoms with Crippen LogP contribution < -0.4 is 0 Å². The van der Waals surface area contributed by atoms with Gasteiger partial charge in [-0.1, -0.05) is 60.7 Å². The fraction of sp³-hybridized carbons (Fsp3) is 0.125. The topological polar surface area (TPSA) is 63.7 Å². The summed E-state index contributed by atoms with van der Waals surface area (Å²) >= 11 is 0. The largest absolute Gasteiger partial charge is 0.493 e. The number of Topliss-reactive ketones (excluding diaryl/α,β-unsaturated/α-hetero) is 1. The van der Waals surface area contributed by atoms with Gasteiger partial charge in [-0.05, 0) is 23.8 Å². The molecule has 0 saturated heterocycles. The van der Waals surface area contributed by atoms with Gasteiger partial charge in [0.25, 0.3) is 5.91 Å². The molecule has 1 unspecified atom stereocenters. The highest BCUT2D eigenvalue weighted by Crippen LogP contribution is 2.46. The lowest BCUT2D eigenvalue weighted by Gasteiger charge is -2.35. The lowest BCUT2D eigenvalue weighted by molar-refractivity contribution is -0.126. The number of nitrogens with zero attached hydrogens (tertiary/aromatic N) is 1. The van der Waals surface area contributed by atoms with Crippen molar-refractivity contribution in [1.29, 1.82) is 0 Å². The van der Waals surface area contributed by atoms with Crippen LogP contribution in [0.25, 0.3) is 5.57 Å². The number of allylic oxidation sites excluding steroid dienone is 1. The third-order valence-electron chi connectivity index (χ3n) is 5.35. The molecule has 144 valence electrons. The van der Waals surface area contributed by atoms with Gasteiger partial charge >= 0.3 is 0 Å². The third-order valence-corrected chi connectivity index (χ3v) is 5.35. The Bertz CT molecular complexity index is 1100. The van der Waals surface area contributed by atoms with Crippen molar-refractivity contribution in [2.24, 2.45) is 0 Å². The van der Waals surface area contributed by atoms with Gasteiger partial charge in [0.2, 0.25) is 5.78 Å². The van der Waals surface area contributed by atoms with Gasteiger partial charge in [-0.15, -0.1) is 0 Å². The Morgan fingerprint density at radius 2 is 1.59 bits per heavy atom. The molecule has 2 aromatic carbocycles. The second-order valence-corrected chi connectivity index (χ2v) is 6.91. The molecular formula is C24H19NO4. The number of rotatable bonds is 4. The number of methoxy groups -OCH3 is 1. The van der Waals surface area contributed by atoms with Crippen LogP contribution in [0, 0.1) is 0 Å². The van der Waals surface area contributed by atoms with Gasteiger partial charge < -0.3 is 9.64 Å². The zero-order chi connectivity index (χ0) is 20.6. The molecule has 0 N–H and O–H groups in total. The molecule has 1 atom stereocenters. The van der Waals surface area contributed by atoms with Gasteiger partial charge in [0, 0.05) is 18.2 Å². The zero-order valence-corrected chi connectivity index (χ0v) is 16.1. The van der Waals surface area contributed by atoms with Gasteiger partial charge in [0.05, 0.1) is 12.7 Å². The molecule has 1 aliphatic heterocycles. The molecule has 2 aromatic rings. The van der Waals surface area contributed by atoms with Gasteiger partial charge in [0.1, 0.15) is 5.54 Å². The van der Waals surface area contributed by atoms with E-state index in [0.717, 1.165) is 5.56 Å². The molecule has 1 aliphatic carbocycles. The summed E-state index contributed by atoms with van der Waals surface area (Å²) < 4.78 is 5.25. The van der Waals surface area contributed by atoms with Crippen molar-refractivity contribution in [3.63, 3.8) is 0 Å². The molecule has 0 radical (unpaired) electrons. The fourth-order valence-electron chi connectivity index (χ4n) is 3.86. The lowest BCUT2D eigenvalue weighted by Crippen LogP contribution is -2.44. The van der Waals surface area contributed by atoms with E-state index in [1.165, 1.54) is 18.1 Å². The fourth-order valence-corrected chi connectivity index (χ4v) is 3.86. The molecule has 1 heterocycles. The Labute approximate surface area is 168 Å². The molecule has 0 saturated carbocycles. The second-order valence-electron chi connectivity index (χ2n) is 6.91. The second kappa shape index (κ2) is 7.02. The van der Waals surface area contributed by atoms with Crippen LogP contribution in [0.5, 0.6) is 0 Å². The number of benzene rings is 2. The Morgan fingerprint density at radius 3 is 2.21 bits per heavy atom. The summed E-state index contributed by atoms with van der Waals surface area (Å²) in [7, 11) is 3.04. The van der Waals surface area contributed by atoms with Crippen LogP contribution in [0.3, 0.4) is 0 Å². The summed E-state index contributed by atoms with van der Waals surface area (Å²) in [6.07, 6.45) is 4.66. The Hall–Kier alpha value is -3.73. The van der Waals surface area contributed by atoms with E-state index in [4.69, 9.17) is 4.74 Å². The number of carbonyl (C=O) groups is 3. The number of likely N-dealkylation sites (N-methyl/N-ethyl adjacent to an activating group) is 1. The lowest BCUT2D eigenvalue weighted by atomic mass is 9.80. The Morgan fingerprint density at radius 1 is 0.966 bits per heavy atom. The van der Waals surface area contributed by atoms with E-state index in [1.54, 1.807) is 43.5 Å². The van der Waals surface area contributed by atoms with Gasteiger partial charge in [-0.2, -0.15) is 0 Å². The normalized spacial score (nSPS) is 21.0. The predicted octanol–water partition coefficient (Wildman–Crippen LogP) is 3.20. The molecule has 2 aliphatic rings. The van der Waals surface area contributed by atoms with E-state index in [2.05, 4.69) is 0 Å². The molecular weight excluding hydrogens is 366 g/mol. The first-order valence-electron chi connectivity index (χ1n) is 9.18. The first kappa shape index (κ1) is 18.6. The maximum Gasteiger partial charge on any atom is 0.259 e. The number of ketones is 2. The summed E-state index contributed by atoms with van der Waals surface area (Å²) in [5.74, 6) is -0.900. The predicted molar refractivity (Wildman–Crippen MR) is 109 cm³/mol. The van der Waals surface area contributed by atoms with Crippen LogP contribution in [-0.2, 0) is 14.3 Å². The van der Waals surface area contributed by atoms with E-state index in [0.29, 0.717) is 11.1 Å². The summed E-state index contributed by atoms with van der Waals surface area (Å²) in [5.41, 5.74) is 0.711. The third kappa shape index (κ3) is 2.83. The molecule has 0 fully saturated rings. The van der Waals surface area contributed by atoms with Crippen LogP contribution in [0.1, 0.15) is 15.9 Å². The summed E-state index contributed by atoms with van der Waals surface area (Å²) in [6.45, 7) is 0. The summed E-state index contributed by atoms with van der Waals surface area (Å²) in [5, 5.41) is 0. The van der Waals surface area contributed by atoms with Gasteiger partial charge in [-0.25, -0.2) is 0 Å². The van der Waals surface area contributed by atoms with Crippen molar-refractivity contribution in [3.8, 4) is 0 Å². The number of amides is 1. The molecule has 0 bridgehead atoms. The molecule has 1 amide bonds. The van der Waals surface area contributed by atoms with Crippen LogP contribution in [0.4, 0.5) is 0 Å². The number of carbonyl (C=O) groups excluding carboxylic acids is 3. The van der Waals surface area contributed by atoms with Crippen LogP contribution in [0.2, 0.25) is 0 Å². The average Bonchev–Trinajstić information content (AvgIpc) is 2.98. The van der Waals surface area contributed by atoms with Crippen molar-refractivity contribution >= 4 is 23.0 Å². The van der Waals surface area contributed by atoms with E-state index in [1.807, 2.05) is 36.4 Å². The van der Waals surface area contributed by atoms with Crippen LogP contribution in [0.15, 0.2) is 90.2 Å². The quantitative estimate of drug-likeness (QED) is 0.599. The van der Waals surface area contributed by atoms with Crippen molar-refractivity contribution in [3.05, 3.63) is 101 Å². The maximum atomic E-state index is 13.4. The minimum atomic E-state index is -1.09. The zero-order valence-electron chi connectivity index (χ0n) is 16.1. The molecule has 4 rings (SSSR count). The molecule has 5 nitrogen and oxygen atoms in total. The van der Waals surface area contributed by atoms with Crippen LogP contribution in [-0.4, -0.2) is 42.1 Å². The molecule has 1 spiro atoms. The molecule has 5 heteroatoms. The van der Waals surface area contributed by atoms with Crippen molar-refractivity contribution in [2.45, 2.75) is 5.54 Å². The summed E-state index contributed by atoms with van der Waals surface area (Å²) in [4.78, 5) is 40.3. The standard InChI is InChI=1S/C24H19NO4/c1-25-23(28)20(22(27)17-11-7-4-8-12-17)21(16-9-5-3-6-10-16)24(25)14-13-18(26)19(15-24)29-2/h3-15H,1-2H3. The Kier molecular flexibility index (Phi) is 4.51. The first-order valence-corrected chi connectivity index (χ1v) is 9.18. The van der Waals surface area contributed by atoms with Crippen molar-refractivity contribution in [2.75, 3.05) is 14.2 Å².